The zero-order chi connectivity index (χ0) is 74.6. The fourth-order valence-electron chi connectivity index (χ4n) is 12.8. The molecular weight excluding hydrogens is 1450 g/mol. The van der Waals surface area contributed by atoms with Crippen LogP contribution in [-0.4, -0.2) is 159 Å². The Balaban J connectivity index is 0.000000141. The van der Waals surface area contributed by atoms with Gasteiger partial charge in [0.05, 0.1) is 111 Å². The van der Waals surface area contributed by atoms with Gasteiger partial charge >= 0.3 is 0 Å². The lowest BCUT2D eigenvalue weighted by Gasteiger charge is -2.29. The number of pyridine rings is 2. The zero-order valence-electron chi connectivity index (χ0n) is 56.8. The third kappa shape index (κ3) is 15.2. The molecule has 6 aromatic heterocycles. The Kier molecular flexibility index (Phi) is 22.6. The molecule has 3 N–H and O–H groups in total. The van der Waals surface area contributed by atoms with Crippen molar-refractivity contribution in [3.63, 3.8) is 0 Å². The number of nitrogens with zero attached hydrogens (tertiary/aromatic N) is 13. The maximum atomic E-state index is 15.5. The maximum absolute atomic E-state index is 15.5. The summed E-state index contributed by atoms with van der Waals surface area (Å²) in [5, 5.41) is 48.7. The molecule has 3 unspecified atom stereocenters. The standard InChI is InChI=1S/C26H24ClFN4O4.C25H20ClF3N4O2.C24H19ClF3N5O2/c1-34-24-6-5-22(30-31-24)26(33)19-12-18(21(28)14-20(19)27)17-13-25(35-2)29-23-11-15(3-4-16(17)23)32-7-9-36-10-8-32;1-13-23(32-5-4-30-13)25(34)16-10-15(18(27)11-17(16)26)14-2-3-31-24-21(14)19(28)12-20(22(24)29)33-6-8-35-9-7-33;1-12-22(30-3-2-29-12)24(34)14-8-13(17(26)9-16(14)25)15-11-31-32-23-20(15)18(27)10-19(21(23)28)33-4-6-35-7-5-33/h3-6,11-14,26,33H,7-10H2,1-2H3;2-5,10-12,25,34H,6-9H2,1H3;2-3,8-11,24,34H,4-7H2,1H3. The van der Waals surface area contributed by atoms with E-state index in [1.165, 1.54) is 75.5 Å². The van der Waals surface area contributed by atoms with Crippen LogP contribution in [-0.2, 0) is 14.2 Å². The van der Waals surface area contributed by atoms with Crippen LogP contribution in [0.2, 0.25) is 15.1 Å². The topological polar surface area (TPSA) is 245 Å². The normalized spacial score (nSPS) is 14.9. The molecule has 0 bridgehead atoms. The van der Waals surface area contributed by atoms with Gasteiger partial charge in [0.15, 0.2) is 11.6 Å². The monoisotopic (exact) mass is 1510 g/mol. The van der Waals surface area contributed by atoms with Crippen LogP contribution in [0.25, 0.3) is 66.1 Å². The molecule has 0 radical (unpaired) electrons. The first-order valence-electron chi connectivity index (χ1n) is 33.0. The largest absolute Gasteiger partial charge is 0.481 e. The number of aliphatic hydroxyl groups is 3. The molecule has 3 saturated heterocycles. The predicted molar refractivity (Wildman–Crippen MR) is 384 cm³/mol. The summed E-state index contributed by atoms with van der Waals surface area (Å²) in [6, 6.07) is 21.6. The fourth-order valence-corrected chi connectivity index (χ4v) is 13.6. The van der Waals surface area contributed by atoms with Crippen molar-refractivity contribution in [3.05, 3.63) is 229 Å². The van der Waals surface area contributed by atoms with Crippen LogP contribution < -0.4 is 24.2 Å². The summed E-state index contributed by atoms with van der Waals surface area (Å²) >= 11 is 18.8. The van der Waals surface area contributed by atoms with Crippen molar-refractivity contribution in [2.45, 2.75) is 32.2 Å². The van der Waals surface area contributed by atoms with Gasteiger partial charge in [-0.3, -0.25) is 24.9 Å². The highest BCUT2D eigenvalue weighted by atomic mass is 35.5. The van der Waals surface area contributed by atoms with E-state index in [0.717, 1.165) is 54.6 Å². The van der Waals surface area contributed by atoms with Gasteiger partial charge in [0.25, 0.3) is 0 Å². The van der Waals surface area contributed by atoms with Crippen LogP contribution in [0.1, 0.15) is 63.5 Å². The molecule has 21 nitrogen and oxygen atoms in total. The number of aliphatic hydroxyl groups excluding tert-OH is 3. The van der Waals surface area contributed by atoms with Gasteiger partial charge < -0.3 is 53.7 Å². The summed E-state index contributed by atoms with van der Waals surface area (Å²) in [5.41, 5.74) is 4.16. The van der Waals surface area contributed by atoms with E-state index in [9.17, 15) is 15.3 Å². The second-order valence-corrected chi connectivity index (χ2v) is 25.7. The van der Waals surface area contributed by atoms with Gasteiger partial charge in [-0.25, -0.2) is 35.7 Å². The van der Waals surface area contributed by atoms with E-state index in [4.69, 9.17) is 58.5 Å². The first-order valence-corrected chi connectivity index (χ1v) is 34.2. The van der Waals surface area contributed by atoms with Gasteiger partial charge in [-0.2, -0.15) is 5.10 Å². The predicted octanol–water partition coefficient (Wildman–Crippen LogP) is 13.8. The van der Waals surface area contributed by atoms with Crippen LogP contribution in [0, 0.1) is 54.6 Å². The SMILES string of the molecule is COc1ccc(C(O)c2cc(-c3cc(OC)nc4cc(N5CCOCC5)ccc34)c(F)cc2Cl)nn1.Cc1nccnc1C(O)c1cc(-c2ccnc3c(F)c(N4CCOCC4)cc(F)c23)c(F)cc1Cl.Cc1nccnc1C(O)c1cc(-c2cnnc3c(F)c(N4CCOCC4)cc(F)c23)c(F)cc1Cl. The number of halogens is 10. The van der Waals surface area contributed by atoms with E-state index in [2.05, 4.69) is 55.2 Å². The highest BCUT2D eigenvalue weighted by Gasteiger charge is 2.30. The number of methoxy groups -OCH3 is 2. The average Bonchev–Trinajstić information content (AvgIpc) is 0.767. The van der Waals surface area contributed by atoms with E-state index < -0.39 is 59.0 Å². The van der Waals surface area contributed by atoms with Crippen molar-refractivity contribution in [1.29, 1.82) is 0 Å². The lowest BCUT2D eigenvalue weighted by atomic mass is 9.95. The summed E-state index contributed by atoms with van der Waals surface area (Å²) in [4.78, 5) is 30.7. The molecule has 0 saturated carbocycles. The Hall–Kier alpha value is -10.1. The molecule has 15 rings (SSSR count). The van der Waals surface area contributed by atoms with E-state index in [1.54, 1.807) is 41.8 Å². The molecule has 31 heteroatoms. The molecule has 106 heavy (non-hydrogen) atoms. The van der Waals surface area contributed by atoms with Gasteiger partial charge in [-0.1, -0.05) is 40.9 Å². The van der Waals surface area contributed by atoms with Crippen LogP contribution >= 0.6 is 34.8 Å². The molecule has 3 fully saturated rings. The smallest absolute Gasteiger partial charge is 0.233 e. The summed E-state index contributed by atoms with van der Waals surface area (Å²) in [6.45, 7) is 9.40. The molecule has 0 amide bonds. The molecule has 3 aliphatic heterocycles. The summed E-state index contributed by atoms with van der Waals surface area (Å²) in [7, 11) is 2.99. The second-order valence-electron chi connectivity index (χ2n) is 24.5. The Morgan fingerprint density at radius 3 is 1.41 bits per heavy atom. The molecule has 0 spiro atoms. The Bertz CT molecular complexity index is 5070. The van der Waals surface area contributed by atoms with Crippen LogP contribution in [0.5, 0.6) is 11.8 Å². The third-order valence-corrected chi connectivity index (χ3v) is 19.2. The van der Waals surface area contributed by atoms with Gasteiger partial charge in [0, 0.05) is 165 Å². The van der Waals surface area contributed by atoms with Gasteiger partial charge in [0.2, 0.25) is 11.8 Å². The van der Waals surface area contributed by atoms with Crippen molar-refractivity contribution in [1.82, 2.24) is 50.3 Å². The Morgan fingerprint density at radius 2 is 0.906 bits per heavy atom. The maximum Gasteiger partial charge on any atom is 0.233 e. The van der Waals surface area contributed by atoms with Crippen molar-refractivity contribution in [2.75, 3.05) is 108 Å². The van der Waals surface area contributed by atoms with Gasteiger partial charge in [0.1, 0.15) is 58.4 Å². The second kappa shape index (κ2) is 32.3. The zero-order valence-corrected chi connectivity index (χ0v) is 59.1. The van der Waals surface area contributed by atoms with Crippen LogP contribution in [0.4, 0.5) is 47.8 Å². The van der Waals surface area contributed by atoms with Crippen molar-refractivity contribution < 1.29 is 69.7 Å². The van der Waals surface area contributed by atoms with Gasteiger partial charge in [-0.15, -0.1) is 15.3 Å². The molecule has 546 valence electrons. The number of benzene rings is 6. The molecular formula is C75H63Cl3F7N13O8. The molecule has 0 aliphatic carbocycles. The molecule has 6 aromatic carbocycles. The average molecular weight is 1510 g/mol. The van der Waals surface area contributed by atoms with E-state index in [0.29, 0.717) is 106 Å². The Morgan fingerprint density at radius 1 is 0.434 bits per heavy atom. The lowest BCUT2D eigenvalue weighted by Crippen LogP contribution is -2.36. The van der Waals surface area contributed by atoms with E-state index in [1.807, 2.05) is 18.2 Å². The quantitative estimate of drug-likeness (QED) is 0.0857. The van der Waals surface area contributed by atoms with Crippen molar-refractivity contribution in [3.8, 4) is 45.1 Å². The first kappa shape index (κ1) is 74.1. The van der Waals surface area contributed by atoms with Crippen LogP contribution in [0.15, 0.2) is 128 Å². The number of ether oxygens (including phenoxy) is 5. The summed E-state index contributed by atoms with van der Waals surface area (Å²) < 4.78 is 134. The molecule has 9 heterocycles. The van der Waals surface area contributed by atoms with Crippen molar-refractivity contribution in [2.24, 2.45) is 0 Å². The number of rotatable bonds is 14. The number of anilines is 3. The Labute approximate surface area is 615 Å². The van der Waals surface area contributed by atoms with Crippen LogP contribution in [0.3, 0.4) is 0 Å². The minimum absolute atomic E-state index is 0.0292. The summed E-state index contributed by atoms with van der Waals surface area (Å²) in [5.74, 6) is -4.43. The number of hydrogen-bond donors (Lipinski definition) is 3. The lowest BCUT2D eigenvalue weighted by molar-refractivity contribution is 0.122. The highest BCUT2D eigenvalue weighted by molar-refractivity contribution is 6.32. The third-order valence-electron chi connectivity index (χ3n) is 18.3. The van der Waals surface area contributed by atoms with E-state index >= 15 is 30.7 Å². The number of aryl methyl sites for hydroxylation is 2. The minimum Gasteiger partial charge on any atom is -0.481 e. The minimum atomic E-state index is -1.33. The number of fused-ring (bicyclic) bond motifs is 3. The first-order chi connectivity index (χ1) is 51.2. The van der Waals surface area contributed by atoms with Crippen molar-refractivity contribution >= 4 is 84.6 Å². The number of aromatic nitrogens is 10. The molecule has 3 aliphatic rings. The molecule has 3 atom stereocenters. The number of morpholine rings is 3. The summed E-state index contributed by atoms with van der Waals surface area (Å²) in [6.07, 6.45) is 4.37. The highest BCUT2D eigenvalue weighted by Crippen LogP contribution is 2.44. The molecule has 12 aromatic rings. The fraction of sp³-hybridized carbons (Fsp3) is 0.253. The van der Waals surface area contributed by atoms with E-state index in [-0.39, 0.29) is 104 Å². The van der Waals surface area contributed by atoms with Gasteiger partial charge in [-0.05, 0) is 85.6 Å². The number of hydrogen-bond acceptors (Lipinski definition) is 21.